The third-order valence-corrected chi connectivity index (χ3v) is 5.51. The maximum atomic E-state index is 11.7. The van der Waals surface area contributed by atoms with Gasteiger partial charge in [0.05, 0.1) is 13.0 Å². The summed E-state index contributed by atoms with van der Waals surface area (Å²) in [5, 5.41) is 3.61. The Morgan fingerprint density at radius 3 is 2.85 bits per heavy atom. The Hall–Kier alpha value is -1.59. The number of aryl methyl sites for hydroxylation is 1. The Kier molecular flexibility index (Phi) is 6.92. The van der Waals surface area contributed by atoms with Crippen LogP contribution in [0.2, 0.25) is 0 Å². The molecule has 0 amide bonds. The lowest BCUT2D eigenvalue weighted by molar-refractivity contribution is -0.144. The number of hydrogen-bond acceptors (Lipinski definition) is 5. The first-order chi connectivity index (χ1) is 12.7. The Morgan fingerprint density at radius 1 is 1.27 bits per heavy atom. The summed E-state index contributed by atoms with van der Waals surface area (Å²) in [6, 6.07) is 7.43. The molecular weight excluding hydrogens is 326 g/mol. The van der Waals surface area contributed by atoms with Crippen molar-refractivity contribution in [3.05, 3.63) is 29.3 Å². The quantitative estimate of drug-likeness (QED) is 0.792. The van der Waals surface area contributed by atoms with Crippen molar-refractivity contribution in [2.75, 3.05) is 50.8 Å². The molecule has 0 unspecified atom stereocenters. The number of carbonyl (C=O) groups is 1. The van der Waals surface area contributed by atoms with E-state index < -0.39 is 0 Å². The second-order valence-electron chi connectivity index (χ2n) is 7.46. The molecule has 1 aromatic carbocycles. The van der Waals surface area contributed by atoms with Crippen LogP contribution < -0.4 is 10.2 Å². The van der Waals surface area contributed by atoms with Gasteiger partial charge in [-0.05, 0) is 56.0 Å². The molecule has 1 saturated heterocycles. The molecule has 2 aliphatic heterocycles. The first kappa shape index (κ1) is 19.2. The first-order valence-electron chi connectivity index (χ1n) is 10.2. The summed E-state index contributed by atoms with van der Waals surface area (Å²) in [4.78, 5) is 16.5. The fraction of sp³-hybridized carbons (Fsp3) is 0.667. The van der Waals surface area contributed by atoms with Crippen molar-refractivity contribution >= 4 is 11.7 Å². The van der Waals surface area contributed by atoms with Crippen molar-refractivity contribution in [3.8, 4) is 0 Å². The van der Waals surface area contributed by atoms with Gasteiger partial charge in [0, 0.05) is 44.5 Å². The van der Waals surface area contributed by atoms with Crippen LogP contribution in [0.25, 0.3) is 0 Å². The van der Waals surface area contributed by atoms with E-state index in [0.717, 1.165) is 45.7 Å². The third kappa shape index (κ3) is 4.98. The van der Waals surface area contributed by atoms with Crippen molar-refractivity contribution in [2.45, 2.75) is 45.6 Å². The average molecular weight is 360 g/mol. The van der Waals surface area contributed by atoms with E-state index >= 15 is 0 Å². The lowest BCUT2D eigenvalue weighted by Crippen LogP contribution is -2.47. The summed E-state index contributed by atoms with van der Waals surface area (Å²) in [6.07, 6.45) is 3.78. The van der Waals surface area contributed by atoms with Crippen LogP contribution in [0.5, 0.6) is 0 Å². The number of benzene rings is 1. The van der Waals surface area contributed by atoms with E-state index in [-0.39, 0.29) is 5.97 Å². The van der Waals surface area contributed by atoms with Crippen LogP contribution in [0.15, 0.2) is 18.2 Å². The normalized spacial score (nSPS) is 21.2. The van der Waals surface area contributed by atoms with Gasteiger partial charge in [-0.1, -0.05) is 13.0 Å². The molecule has 5 nitrogen and oxygen atoms in total. The topological polar surface area (TPSA) is 44.8 Å². The van der Waals surface area contributed by atoms with Crippen molar-refractivity contribution in [2.24, 2.45) is 0 Å². The van der Waals surface area contributed by atoms with Crippen molar-refractivity contribution < 1.29 is 9.53 Å². The maximum Gasteiger partial charge on any atom is 0.307 e. The smallest absolute Gasteiger partial charge is 0.307 e. The highest BCUT2D eigenvalue weighted by molar-refractivity contribution is 5.69. The van der Waals surface area contributed by atoms with Gasteiger partial charge >= 0.3 is 5.97 Å². The first-order valence-corrected chi connectivity index (χ1v) is 10.2. The van der Waals surface area contributed by atoms with E-state index in [9.17, 15) is 4.79 Å². The van der Waals surface area contributed by atoms with E-state index in [0.29, 0.717) is 19.1 Å². The second kappa shape index (κ2) is 9.38. The van der Waals surface area contributed by atoms with E-state index in [2.05, 4.69) is 40.2 Å². The van der Waals surface area contributed by atoms with Crippen molar-refractivity contribution in [3.63, 3.8) is 0 Å². The lowest BCUT2D eigenvalue weighted by atomic mass is 9.98. The highest BCUT2D eigenvalue weighted by atomic mass is 16.5. The van der Waals surface area contributed by atoms with Gasteiger partial charge in [-0.25, -0.2) is 0 Å². The zero-order valence-corrected chi connectivity index (χ0v) is 16.3. The predicted molar refractivity (Wildman–Crippen MR) is 106 cm³/mol. The molecule has 0 bridgehead atoms. The SMILES string of the molecule is CCCOC(=O)CCN1CCN(c2ccc3c(c2)[C@H](C)NCCC3)CC1. The molecule has 1 atom stereocenters. The van der Waals surface area contributed by atoms with Gasteiger partial charge in [-0.15, -0.1) is 0 Å². The number of nitrogens with zero attached hydrogens (tertiary/aromatic N) is 2. The van der Waals surface area contributed by atoms with Gasteiger partial charge in [0.1, 0.15) is 0 Å². The third-order valence-electron chi connectivity index (χ3n) is 5.51. The molecule has 1 N–H and O–H groups in total. The Labute approximate surface area is 157 Å². The van der Waals surface area contributed by atoms with Crippen molar-refractivity contribution in [1.82, 2.24) is 10.2 Å². The second-order valence-corrected chi connectivity index (χ2v) is 7.46. The minimum absolute atomic E-state index is 0.0680. The number of carbonyl (C=O) groups excluding carboxylic acids is 1. The summed E-state index contributed by atoms with van der Waals surface area (Å²) in [5.74, 6) is -0.0680. The number of anilines is 1. The zero-order valence-electron chi connectivity index (χ0n) is 16.3. The summed E-state index contributed by atoms with van der Waals surface area (Å²) < 4.78 is 5.16. The maximum absolute atomic E-state index is 11.7. The Bertz CT molecular complexity index is 597. The van der Waals surface area contributed by atoms with Crippen LogP contribution in [-0.2, 0) is 16.0 Å². The van der Waals surface area contributed by atoms with E-state index in [1.807, 2.05) is 6.92 Å². The van der Waals surface area contributed by atoms with Gasteiger partial charge in [0.15, 0.2) is 0 Å². The van der Waals surface area contributed by atoms with E-state index in [1.54, 1.807) is 0 Å². The molecule has 0 spiro atoms. The van der Waals surface area contributed by atoms with Crippen LogP contribution in [-0.4, -0.2) is 56.7 Å². The monoisotopic (exact) mass is 359 g/mol. The van der Waals surface area contributed by atoms with Crippen LogP contribution in [0.4, 0.5) is 5.69 Å². The number of esters is 1. The van der Waals surface area contributed by atoms with Gasteiger partial charge in [0.25, 0.3) is 0 Å². The average Bonchev–Trinajstić information content (AvgIpc) is 2.86. The minimum Gasteiger partial charge on any atom is -0.466 e. The molecule has 144 valence electrons. The summed E-state index contributed by atoms with van der Waals surface area (Å²) in [7, 11) is 0. The molecule has 5 heteroatoms. The highest BCUT2D eigenvalue weighted by Gasteiger charge is 2.20. The highest BCUT2D eigenvalue weighted by Crippen LogP contribution is 2.28. The molecule has 0 radical (unpaired) electrons. The van der Waals surface area contributed by atoms with Gasteiger partial charge in [-0.3, -0.25) is 9.69 Å². The number of rotatable bonds is 6. The van der Waals surface area contributed by atoms with E-state index in [4.69, 9.17) is 4.74 Å². The number of piperazine rings is 1. The van der Waals surface area contributed by atoms with Gasteiger partial charge in [0.2, 0.25) is 0 Å². The van der Waals surface area contributed by atoms with Crippen LogP contribution >= 0.6 is 0 Å². The van der Waals surface area contributed by atoms with Gasteiger partial charge < -0.3 is 15.0 Å². The molecule has 2 aliphatic rings. The fourth-order valence-electron chi connectivity index (χ4n) is 3.88. The molecule has 0 aromatic heterocycles. The molecule has 1 aromatic rings. The fourth-order valence-corrected chi connectivity index (χ4v) is 3.88. The Balaban J connectivity index is 1.51. The Morgan fingerprint density at radius 2 is 2.08 bits per heavy atom. The van der Waals surface area contributed by atoms with Crippen LogP contribution in [0, 0.1) is 0 Å². The lowest BCUT2D eigenvalue weighted by Gasteiger charge is -2.36. The number of hydrogen-bond donors (Lipinski definition) is 1. The van der Waals surface area contributed by atoms with Gasteiger partial charge in [-0.2, -0.15) is 0 Å². The molecular formula is C21H33N3O2. The number of fused-ring (bicyclic) bond motifs is 1. The molecule has 2 heterocycles. The minimum atomic E-state index is -0.0680. The summed E-state index contributed by atoms with van der Waals surface area (Å²) >= 11 is 0. The zero-order chi connectivity index (χ0) is 18.4. The largest absolute Gasteiger partial charge is 0.466 e. The molecule has 0 saturated carbocycles. The molecule has 26 heavy (non-hydrogen) atoms. The number of ether oxygens (including phenoxy) is 1. The molecule has 0 aliphatic carbocycles. The van der Waals surface area contributed by atoms with E-state index in [1.165, 1.54) is 29.7 Å². The standard InChI is InChI=1S/C21H33N3O2/c1-3-15-26-21(25)8-10-23-11-13-24(14-12-23)19-7-6-18-5-4-9-22-17(2)20(18)16-19/h6-7,16-17,22H,3-5,8-15H2,1-2H3/t17-/m0/s1. The molecule has 1 fully saturated rings. The van der Waals surface area contributed by atoms with Crippen LogP contribution in [0.3, 0.4) is 0 Å². The summed E-state index contributed by atoms with van der Waals surface area (Å²) in [5.41, 5.74) is 4.29. The molecule has 3 rings (SSSR count). The number of nitrogens with one attached hydrogen (secondary N) is 1. The summed E-state index contributed by atoms with van der Waals surface area (Å²) in [6.45, 7) is 10.8. The van der Waals surface area contributed by atoms with Crippen LogP contribution in [0.1, 0.15) is 50.3 Å². The van der Waals surface area contributed by atoms with Crippen molar-refractivity contribution in [1.29, 1.82) is 0 Å². The predicted octanol–water partition coefficient (Wildman–Crippen LogP) is 2.75.